The highest BCUT2D eigenvalue weighted by Crippen LogP contribution is 2.31. The molecule has 0 saturated carbocycles. The molecule has 1 aliphatic rings. The number of hydrogen-bond acceptors (Lipinski definition) is 1. The van der Waals surface area contributed by atoms with Crippen LogP contribution in [0.25, 0.3) is 0 Å². The maximum Gasteiger partial charge on any atom is 0.416 e. The zero-order valence-corrected chi connectivity index (χ0v) is 10.8. The van der Waals surface area contributed by atoms with E-state index in [1.54, 1.807) is 0 Å². The van der Waals surface area contributed by atoms with Crippen LogP contribution in [0.5, 0.6) is 0 Å². The number of alkyl halides is 3. The van der Waals surface area contributed by atoms with Crippen molar-refractivity contribution in [2.45, 2.75) is 25.6 Å². The lowest BCUT2D eigenvalue weighted by atomic mass is 10.1. The van der Waals surface area contributed by atoms with Crippen LogP contribution < -0.4 is 5.32 Å². The second-order valence-corrected chi connectivity index (χ2v) is 4.64. The number of benzene rings is 1. The maximum absolute atomic E-state index is 12.8. The molecular formula is C14H15F3N2O. The quantitative estimate of drug-likeness (QED) is 0.885. The first kappa shape index (κ1) is 14.4. The average Bonchev–Trinajstić information content (AvgIpc) is 2.81. The Kier molecular flexibility index (Phi) is 4.01. The van der Waals surface area contributed by atoms with E-state index in [4.69, 9.17) is 0 Å². The molecule has 2 amide bonds. The molecule has 108 valence electrons. The van der Waals surface area contributed by atoms with Crippen LogP contribution in [-0.2, 0) is 12.7 Å². The van der Waals surface area contributed by atoms with E-state index in [2.05, 4.69) is 11.9 Å². The fourth-order valence-corrected chi connectivity index (χ4v) is 2.20. The van der Waals surface area contributed by atoms with Crippen LogP contribution in [0.2, 0.25) is 0 Å². The second-order valence-electron chi connectivity index (χ2n) is 4.64. The first-order valence-corrected chi connectivity index (χ1v) is 6.28. The number of rotatable bonds is 2. The van der Waals surface area contributed by atoms with Crippen LogP contribution >= 0.6 is 0 Å². The van der Waals surface area contributed by atoms with Crippen LogP contribution in [0.1, 0.15) is 24.0 Å². The number of likely N-dealkylation sites (tertiary alicyclic amines) is 1. The van der Waals surface area contributed by atoms with Crippen molar-refractivity contribution in [3.8, 4) is 0 Å². The zero-order chi connectivity index (χ0) is 14.8. The molecule has 0 bridgehead atoms. The molecule has 20 heavy (non-hydrogen) atoms. The Morgan fingerprint density at radius 2 is 2.05 bits per heavy atom. The van der Waals surface area contributed by atoms with E-state index in [9.17, 15) is 18.0 Å². The van der Waals surface area contributed by atoms with E-state index < -0.39 is 17.8 Å². The van der Waals surface area contributed by atoms with Gasteiger partial charge in [0.05, 0.1) is 5.56 Å². The van der Waals surface area contributed by atoms with E-state index in [1.165, 1.54) is 23.1 Å². The highest BCUT2D eigenvalue weighted by molar-refractivity contribution is 5.76. The summed E-state index contributed by atoms with van der Waals surface area (Å²) >= 11 is 0. The fraction of sp³-hybridized carbons (Fsp3) is 0.357. The summed E-state index contributed by atoms with van der Waals surface area (Å²) in [5.74, 6) is 0. The maximum atomic E-state index is 12.8. The molecule has 1 aliphatic heterocycles. The summed E-state index contributed by atoms with van der Waals surface area (Å²) in [5, 5.41) is 2.51. The van der Waals surface area contributed by atoms with Crippen molar-refractivity contribution in [3.05, 3.63) is 47.7 Å². The number of halogens is 3. The average molecular weight is 284 g/mol. The van der Waals surface area contributed by atoms with Crippen molar-refractivity contribution in [1.29, 1.82) is 0 Å². The lowest BCUT2D eigenvalue weighted by Crippen LogP contribution is -2.36. The number of nitrogens with zero attached hydrogens (tertiary/aromatic N) is 1. The molecule has 6 heteroatoms. The normalized spacial score (nSPS) is 15.6. The molecule has 1 saturated heterocycles. The van der Waals surface area contributed by atoms with Crippen LogP contribution in [0, 0.1) is 0 Å². The van der Waals surface area contributed by atoms with Gasteiger partial charge in [-0.3, -0.25) is 4.90 Å². The summed E-state index contributed by atoms with van der Waals surface area (Å²) in [6, 6.07) is 4.82. The van der Waals surface area contributed by atoms with Crippen molar-refractivity contribution in [2.24, 2.45) is 0 Å². The Morgan fingerprint density at radius 3 is 2.65 bits per heavy atom. The van der Waals surface area contributed by atoms with Crippen LogP contribution in [-0.4, -0.2) is 17.5 Å². The Bertz CT molecular complexity index is 525. The minimum absolute atomic E-state index is 0.0539. The Morgan fingerprint density at radius 1 is 1.35 bits per heavy atom. The molecule has 0 radical (unpaired) electrons. The van der Waals surface area contributed by atoms with Gasteiger partial charge >= 0.3 is 12.2 Å². The van der Waals surface area contributed by atoms with E-state index in [0.29, 0.717) is 12.2 Å². The monoisotopic (exact) mass is 284 g/mol. The molecule has 1 fully saturated rings. The molecular weight excluding hydrogens is 269 g/mol. The van der Waals surface area contributed by atoms with Crippen molar-refractivity contribution < 1.29 is 18.0 Å². The van der Waals surface area contributed by atoms with Crippen molar-refractivity contribution >= 4 is 6.03 Å². The van der Waals surface area contributed by atoms with Gasteiger partial charge in [-0.2, -0.15) is 13.2 Å². The number of carbonyl (C=O) groups excluding carboxylic acids is 1. The SMILES string of the molecule is C=C1CCCN1C(=O)NCc1ccccc1C(F)(F)F. The van der Waals surface area contributed by atoms with Gasteiger partial charge in [-0.1, -0.05) is 24.8 Å². The lowest BCUT2D eigenvalue weighted by molar-refractivity contribution is -0.138. The van der Waals surface area contributed by atoms with Gasteiger partial charge in [0.1, 0.15) is 0 Å². The molecule has 0 aromatic heterocycles. The third kappa shape index (κ3) is 3.12. The van der Waals surface area contributed by atoms with Gasteiger partial charge in [0, 0.05) is 18.8 Å². The number of urea groups is 1. The van der Waals surface area contributed by atoms with Crippen LogP contribution in [0.15, 0.2) is 36.5 Å². The molecule has 1 heterocycles. The van der Waals surface area contributed by atoms with Gasteiger partial charge in [0.2, 0.25) is 0 Å². The van der Waals surface area contributed by atoms with Gasteiger partial charge in [0.25, 0.3) is 0 Å². The minimum atomic E-state index is -4.42. The number of nitrogens with one attached hydrogen (secondary N) is 1. The third-order valence-electron chi connectivity index (χ3n) is 3.23. The summed E-state index contributed by atoms with van der Waals surface area (Å²) in [6.45, 7) is 4.16. The molecule has 1 aromatic carbocycles. The van der Waals surface area contributed by atoms with Gasteiger partial charge in [-0.15, -0.1) is 0 Å². The summed E-state index contributed by atoms with van der Waals surface area (Å²) in [5.41, 5.74) is 0.0327. The van der Waals surface area contributed by atoms with Crippen molar-refractivity contribution in [2.75, 3.05) is 6.54 Å². The Labute approximate surface area is 115 Å². The van der Waals surface area contributed by atoms with Gasteiger partial charge in [-0.25, -0.2) is 4.79 Å². The Balaban J connectivity index is 2.04. The van der Waals surface area contributed by atoms with E-state index in [-0.39, 0.29) is 12.1 Å². The lowest BCUT2D eigenvalue weighted by Gasteiger charge is -2.19. The number of hydrogen-bond donors (Lipinski definition) is 1. The standard InChI is InChI=1S/C14H15F3N2O/c1-10-5-4-8-19(10)13(20)18-9-11-6-2-3-7-12(11)14(15,16)17/h2-3,6-7H,1,4-5,8-9H2,(H,18,20). The molecule has 0 aliphatic carbocycles. The van der Waals surface area contributed by atoms with Crippen molar-refractivity contribution in [1.82, 2.24) is 10.2 Å². The topological polar surface area (TPSA) is 32.3 Å². The summed E-state index contributed by atoms with van der Waals surface area (Å²) in [4.78, 5) is 13.3. The number of allylic oxidation sites excluding steroid dienone is 1. The van der Waals surface area contributed by atoms with Crippen LogP contribution in [0.3, 0.4) is 0 Å². The van der Waals surface area contributed by atoms with Gasteiger partial charge < -0.3 is 5.32 Å². The third-order valence-corrected chi connectivity index (χ3v) is 3.23. The predicted octanol–water partition coefficient (Wildman–Crippen LogP) is 3.52. The highest BCUT2D eigenvalue weighted by Gasteiger charge is 2.33. The minimum Gasteiger partial charge on any atom is -0.334 e. The highest BCUT2D eigenvalue weighted by atomic mass is 19.4. The van der Waals surface area contributed by atoms with E-state index in [0.717, 1.165) is 18.9 Å². The number of carbonyl (C=O) groups is 1. The first-order chi connectivity index (χ1) is 9.39. The summed E-state index contributed by atoms with van der Waals surface area (Å²) < 4.78 is 38.4. The first-order valence-electron chi connectivity index (χ1n) is 6.28. The van der Waals surface area contributed by atoms with Gasteiger partial charge in [0.15, 0.2) is 0 Å². The zero-order valence-electron chi connectivity index (χ0n) is 10.8. The molecule has 3 nitrogen and oxygen atoms in total. The molecule has 1 N–H and O–H groups in total. The van der Waals surface area contributed by atoms with Crippen LogP contribution in [0.4, 0.5) is 18.0 Å². The summed E-state index contributed by atoms with van der Waals surface area (Å²) in [6.07, 6.45) is -2.84. The molecule has 2 rings (SSSR count). The molecule has 1 aromatic rings. The largest absolute Gasteiger partial charge is 0.416 e. The summed E-state index contributed by atoms with van der Waals surface area (Å²) in [7, 11) is 0. The van der Waals surface area contributed by atoms with Gasteiger partial charge in [-0.05, 0) is 24.5 Å². The second kappa shape index (κ2) is 5.56. The smallest absolute Gasteiger partial charge is 0.334 e. The Hall–Kier alpha value is -1.98. The molecule has 0 spiro atoms. The van der Waals surface area contributed by atoms with Crippen molar-refractivity contribution in [3.63, 3.8) is 0 Å². The molecule has 0 atom stereocenters. The predicted molar refractivity (Wildman–Crippen MR) is 68.8 cm³/mol. The fourth-order valence-electron chi connectivity index (χ4n) is 2.20. The van der Waals surface area contributed by atoms with E-state index >= 15 is 0 Å². The number of amides is 2. The van der Waals surface area contributed by atoms with E-state index in [1.807, 2.05) is 0 Å². The molecule has 0 unspecified atom stereocenters.